The Labute approximate surface area is 138 Å². The summed E-state index contributed by atoms with van der Waals surface area (Å²) in [5, 5.41) is 3.58. The Morgan fingerprint density at radius 3 is 2.95 bits per heavy atom. The first-order valence-electron chi connectivity index (χ1n) is 8.18. The number of hydrogen-bond acceptors (Lipinski definition) is 5. The van der Waals surface area contributed by atoms with Gasteiger partial charge in [-0.05, 0) is 12.0 Å². The lowest BCUT2D eigenvalue weighted by molar-refractivity contribution is 0.209. The van der Waals surface area contributed by atoms with E-state index < -0.39 is 0 Å². The van der Waals surface area contributed by atoms with Crippen LogP contribution >= 0.6 is 11.8 Å². The number of thioether (sulfide) groups is 1. The molecule has 22 heavy (non-hydrogen) atoms. The zero-order chi connectivity index (χ0) is 15.2. The van der Waals surface area contributed by atoms with Gasteiger partial charge in [-0.1, -0.05) is 30.3 Å². The smallest absolute Gasteiger partial charge is 0.193 e. The largest absolute Gasteiger partial charge is 0.355 e. The average Bonchev–Trinajstić information content (AvgIpc) is 2.56. The second kappa shape index (κ2) is 7.88. The Balaban J connectivity index is 1.57. The molecule has 0 aliphatic carbocycles. The zero-order valence-corrected chi connectivity index (χ0v) is 14.2. The maximum atomic E-state index is 4.61. The predicted molar refractivity (Wildman–Crippen MR) is 95.5 cm³/mol. The maximum Gasteiger partial charge on any atom is 0.193 e. The molecule has 1 unspecified atom stereocenters. The summed E-state index contributed by atoms with van der Waals surface area (Å²) in [5.41, 5.74) is 1.41. The van der Waals surface area contributed by atoms with Gasteiger partial charge in [0.15, 0.2) is 5.96 Å². The standard InChI is InChI=1S/C17H26N4S/c1-20-9-5-8-18-17(20)19-12-16-14-22-11-10-21(16)13-15-6-3-2-4-7-15/h2-4,6-7,16H,5,8-14H2,1H3,(H,18,19). The molecular formula is C17H26N4S. The molecule has 0 bridgehead atoms. The quantitative estimate of drug-likeness (QED) is 0.918. The van der Waals surface area contributed by atoms with Gasteiger partial charge in [-0.3, -0.25) is 9.89 Å². The van der Waals surface area contributed by atoms with Crippen molar-refractivity contribution < 1.29 is 0 Å². The molecule has 1 aromatic rings. The number of hydrogen-bond donors (Lipinski definition) is 1. The van der Waals surface area contributed by atoms with Gasteiger partial charge in [-0.25, -0.2) is 0 Å². The van der Waals surface area contributed by atoms with Crippen molar-refractivity contribution in [2.24, 2.45) is 4.99 Å². The van der Waals surface area contributed by atoms with Gasteiger partial charge in [0.2, 0.25) is 0 Å². The van der Waals surface area contributed by atoms with Crippen LogP contribution < -0.4 is 5.32 Å². The van der Waals surface area contributed by atoms with E-state index in [0.29, 0.717) is 6.04 Å². The highest BCUT2D eigenvalue weighted by Crippen LogP contribution is 2.18. The molecule has 0 amide bonds. The molecule has 2 aliphatic rings. The van der Waals surface area contributed by atoms with E-state index in [0.717, 1.165) is 32.1 Å². The van der Waals surface area contributed by atoms with Gasteiger partial charge in [-0.2, -0.15) is 11.8 Å². The number of aliphatic imine (C=N–C) groups is 1. The molecule has 0 aromatic heterocycles. The van der Waals surface area contributed by atoms with Gasteiger partial charge < -0.3 is 10.2 Å². The molecule has 0 spiro atoms. The van der Waals surface area contributed by atoms with Crippen LogP contribution in [0.25, 0.3) is 0 Å². The van der Waals surface area contributed by atoms with E-state index in [-0.39, 0.29) is 0 Å². The van der Waals surface area contributed by atoms with Crippen molar-refractivity contribution in [3.8, 4) is 0 Å². The van der Waals surface area contributed by atoms with Gasteiger partial charge in [-0.15, -0.1) is 0 Å². The molecular weight excluding hydrogens is 292 g/mol. The van der Waals surface area contributed by atoms with E-state index in [1.165, 1.54) is 30.0 Å². The van der Waals surface area contributed by atoms with E-state index in [1.807, 2.05) is 0 Å². The van der Waals surface area contributed by atoms with Crippen molar-refractivity contribution in [1.82, 2.24) is 15.1 Å². The minimum absolute atomic E-state index is 0.581. The third kappa shape index (κ3) is 4.17. The van der Waals surface area contributed by atoms with Crippen LogP contribution in [0.3, 0.4) is 0 Å². The highest BCUT2D eigenvalue weighted by Gasteiger charge is 2.23. The summed E-state index contributed by atoms with van der Waals surface area (Å²) in [6.07, 6.45) is 1.17. The second-order valence-corrected chi connectivity index (χ2v) is 7.20. The summed E-state index contributed by atoms with van der Waals surface area (Å²) in [5.74, 6) is 3.52. The van der Waals surface area contributed by atoms with Crippen molar-refractivity contribution in [2.75, 3.05) is 44.7 Å². The van der Waals surface area contributed by atoms with E-state index in [2.05, 4.69) is 69.3 Å². The highest BCUT2D eigenvalue weighted by atomic mass is 32.2. The molecule has 5 heteroatoms. The fourth-order valence-electron chi connectivity index (χ4n) is 3.02. The SMILES string of the molecule is CN1CCCN=C1NCC1CSCCN1Cc1ccccc1. The monoisotopic (exact) mass is 318 g/mol. The molecule has 1 aromatic carbocycles. The molecule has 120 valence electrons. The number of guanidine groups is 1. The fourth-order valence-corrected chi connectivity index (χ4v) is 4.15. The van der Waals surface area contributed by atoms with Crippen LogP contribution in [0.5, 0.6) is 0 Å². The van der Waals surface area contributed by atoms with E-state index in [9.17, 15) is 0 Å². The number of nitrogens with one attached hydrogen (secondary N) is 1. The van der Waals surface area contributed by atoms with E-state index in [4.69, 9.17) is 0 Å². The first-order valence-corrected chi connectivity index (χ1v) is 9.33. The molecule has 0 saturated carbocycles. The third-order valence-electron chi connectivity index (χ3n) is 4.35. The summed E-state index contributed by atoms with van der Waals surface area (Å²) in [6, 6.07) is 11.4. The van der Waals surface area contributed by atoms with Gasteiger partial charge in [0, 0.05) is 57.3 Å². The molecule has 2 aliphatic heterocycles. The van der Waals surface area contributed by atoms with Crippen molar-refractivity contribution >= 4 is 17.7 Å². The van der Waals surface area contributed by atoms with Crippen molar-refractivity contribution in [3.05, 3.63) is 35.9 Å². The Bertz CT molecular complexity index is 491. The number of benzene rings is 1. The van der Waals surface area contributed by atoms with Crippen LogP contribution in [0, 0.1) is 0 Å². The zero-order valence-electron chi connectivity index (χ0n) is 13.4. The van der Waals surface area contributed by atoms with Crippen LogP contribution in [-0.2, 0) is 6.54 Å². The molecule has 1 N–H and O–H groups in total. The number of rotatable bonds is 4. The van der Waals surface area contributed by atoms with Gasteiger partial charge in [0.1, 0.15) is 0 Å². The highest BCUT2D eigenvalue weighted by molar-refractivity contribution is 7.99. The molecule has 0 radical (unpaired) electrons. The average molecular weight is 318 g/mol. The first kappa shape index (κ1) is 15.7. The summed E-state index contributed by atoms with van der Waals surface area (Å²) in [6.45, 7) is 5.28. The summed E-state index contributed by atoms with van der Waals surface area (Å²) in [4.78, 5) is 9.46. The number of nitrogens with zero attached hydrogens (tertiary/aromatic N) is 3. The normalized spacial score (nSPS) is 23.2. The lowest BCUT2D eigenvalue weighted by Crippen LogP contribution is -2.51. The van der Waals surface area contributed by atoms with Gasteiger partial charge >= 0.3 is 0 Å². The maximum absolute atomic E-state index is 4.61. The van der Waals surface area contributed by atoms with Crippen molar-refractivity contribution in [2.45, 2.75) is 19.0 Å². The van der Waals surface area contributed by atoms with Crippen LogP contribution in [-0.4, -0.2) is 66.5 Å². The van der Waals surface area contributed by atoms with Crippen molar-refractivity contribution in [1.29, 1.82) is 0 Å². The Kier molecular flexibility index (Phi) is 5.62. The molecule has 1 saturated heterocycles. The Morgan fingerprint density at radius 1 is 1.27 bits per heavy atom. The van der Waals surface area contributed by atoms with Crippen molar-refractivity contribution in [3.63, 3.8) is 0 Å². The minimum atomic E-state index is 0.581. The van der Waals surface area contributed by atoms with Crippen LogP contribution in [0.4, 0.5) is 0 Å². The predicted octanol–water partition coefficient (Wildman–Crippen LogP) is 1.89. The van der Waals surface area contributed by atoms with Crippen LogP contribution in [0.1, 0.15) is 12.0 Å². The minimum Gasteiger partial charge on any atom is -0.355 e. The van der Waals surface area contributed by atoms with Crippen LogP contribution in [0.15, 0.2) is 35.3 Å². The molecule has 3 rings (SSSR count). The second-order valence-electron chi connectivity index (χ2n) is 6.05. The van der Waals surface area contributed by atoms with Crippen LogP contribution in [0.2, 0.25) is 0 Å². The summed E-state index contributed by atoms with van der Waals surface area (Å²) in [7, 11) is 2.13. The molecule has 4 nitrogen and oxygen atoms in total. The third-order valence-corrected chi connectivity index (χ3v) is 5.44. The van der Waals surface area contributed by atoms with E-state index >= 15 is 0 Å². The molecule has 1 fully saturated rings. The van der Waals surface area contributed by atoms with E-state index in [1.54, 1.807) is 0 Å². The van der Waals surface area contributed by atoms with Gasteiger partial charge in [0.05, 0.1) is 0 Å². The Morgan fingerprint density at radius 2 is 2.14 bits per heavy atom. The molecule has 2 heterocycles. The topological polar surface area (TPSA) is 30.9 Å². The lowest BCUT2D eigenvalue weighted by Gasteiger charge is -2.36. The lowest BCUT2D eigenvalue weighted by atomic mass is 10.1. The van der Waals surface area contributed by atoms with Gasteiger partial charge in [0.25, 0.3) is 0 Å². The summed E-state index contributed by atoms with van der Waals surface area (Å²) >= 11 is 2.07. The Hall–Kier alpha value is -1.20. The first-order chi connectivity index (χ1) is 10.8. The molecule has 1 atom stereocenters. The summed E-state index contributed by atoms with van der Waals surface area (Å²) < 4.78 is 0. The fraction of sp³-hybridized carbons (Fsp3) is 0.588.